The number of carbonyl (C=O) groups excluding carboxylic acids is 2. The van der Waals surface area contributed by atoms with E-state index < -0.39 is 0 Å². The number of carbonyl (C=O) groups is 2. The Labute approximate surface area is 101 Å². The Bertz CT molecular complexity index is 296. The van der Waals surface area contributed by atoms with Gasteiger partial charge in [0.25, 0.3) is 0 Å². The number of hydrogen-bond acceptors (Lipinski definition) is 4. The Hall–Kier alpha value is -1.10. The van der Waals surface area contributed by atoms with Crippen LogP contribution in [0.15, 0.2) is 0 Å². The Morgan fingerprint density at radius 3 is 2.76 bits per heavy atom. The Balaban J connectivity index is 1.81. The standard InChI is InChI=1S/C12H20N2O3/c1-8-4-2-3-5-10(8)17-12(16)9-6-14-11(15)7-13-9/h8-10,13H,2-7H2,1H3,(H,14,15). The van der Waals surface area contributed by atoms with Gasteiger partial charge < -0.3 is 10.1 Å². The van der Waals surface area contributed by atoms with Crippen LogP contribution in [0.3, 0.4) is 0 Å². The van der Waals surface area contributed by atoms with Crippen molar-refractivity contribution in [2.45, 2.75) is 44.8 Å². The maximum absolute atomic E-state index is 11.9. The smallest absolute Gasteiger partial charge is 0.325 e. The fourth-order valence-corrected chi connectivity index (χ4v) is 2.42. The van der Waals surface area contributed by atoms with Crippen molar-refractivity contribution in [3.63, 3.8) is 0 Å². The first-order valence-electron chi connectivity index (χ1n) is 6.37. The number of rotatable bonds is 2. The molecule has 3 atom stereocenters. The van der Waals surface area contributed by atoms with E-state index in [9.17, 15) is 9.59 Å². The number of nitrogens with one attached hydrogen (secondary N) is 2. The van der Waals surface area contributed by atoms with E-state index in [1.54, 1.807) is 0 Å². The van der Waals surface area contributed by atoms with Crippen LogP contribution in [0.25, 0.3) is 0 Å². The number of esters is 1. The maximum Gasteiger partial charge on any atom is 0.325 e. The molecule has 0 bridgehead atoms. The first kappa shape index (κ1) is 12.4. The fourth-order valence-electron chi connectivity index (χ4n) is 2.42. The summed E-state index contributed by atoms with van der Waals surface area (Å²) in [5.74, 6) is 0.148. The molecule has 2 fully saturated rings. The molecule has 0 radical (unpaired) electrons. The molecule has 2 N–H and O–H groups in total. The minimum absolute atomic E-state index is 0.0516. The number of hydrogen-bond donors (Lipinski definition) is 2. The van der Waals surface area contributed by atoms with Gasteiger partial charge in [-0.1, -0.05) is 13.3 Å². The zero-order valence-electron chi connectivity index (χ0n) is 10.2. The minimum atomic E-state index is -0.387. The van der Waals surface area contributed by atoms with Gasteiger partial charge in [-0.3, -0.25) is 14.9 Å². The van der Waals surface area contributed by atoms with Gasteiger partial charge in [0, 0.05) is 6.54 Å². The molecule has 1 heterocycles. The van der Waals surface area contributed by atoms with Crippen LogP contribution < -0.4 is 10.6 Å². The van der Waals surface area contributed by atoms with Crippen molar-refractivity contribution in [2.24, 2.45) is 5.92 Å². The molecule has 96 valence electrons. The van der Waals surface area contributed by atoms with E-state index in [0.717, 1.165) is 19.3 Å². The van der Waals surface area contributed by atoms with Crippen molar-refractivity contribution in [1.29, 1.82) is 0 Å². The Morgan fingerprint density at radius 1 is 1.35 bits per heavy atom. The monoisotopic (exact) mass is 240 g/mol. The topological polar surface area (TPSA) is 67.4 Å². The molecule has 1 aliphatic heterocycles. The molecule has 5 nitrogen and oxygen atoms in total. The first-order chi connectivity index (χ1) is 8.16. The lowest BCUT2D eigenvalue weighted by Gasteiger charge is -2.31. The first-order valence-corrected chi connectivity index (χ1v) is 6.37. The summed E-state index contributed by atoms with van der Waals surface area (Å²) in [6.45, 7) is 2.66. The molecule has 2 rings (SSSR count). The average molecular weight is 240 g/mol. The minimum Gasteiger partial charge on any atom is -0.461 e. The van der Waals surface area contributed by atoms with Gasteiger partial charge in [0.15, 0.2) is 0 Å². The quantitative estimate of drug-likeness (QED) is 0.676. The lowest BCUT2D eigenvalue weighted by molar-refractivity contribution is -0.156. The third kappa shape index (κ3) is 3.19. The van der Waals surface area contributed by atoms with E-state index in [1.165, 1.54) is 6.42 Å². The van der Waals surface area contributed by atoms with Gasteiger partial charge in [0.1, 0.15) is 12.1 Å². The molecule has 0 aromatic heterocycles. The van der Waals surface area contributed by atoms with Crippen molar-refractivity contribution in [3.8, 4) is 0 Å². The van der Waals surface area contributed by atoms with E-state index in [-0.39, 0.29) is 30.6 Å². The highest BCUT2D eigenvalue weighted by Gasteiger charge is 2.30. The number of ether oxygens (including phenoxy) is 1. The average Bonchev–Trinajstić information content (AvgIpc) is 2.33. The van der Waals surface area contributed by atoms with Gasteiger partial charge in [-0.15, -0.1) is 0 Å². The third-order valence-electron chi connectivity index (χ3n) is 3.60. The molecule has 1 amide bonds. The van der Waals surface area contributed by atoms with Crippen LogP contribution in [-0.4, -0.2) is 37.1 Å². The van der Waals surface area contributed by atoms with Crippen molar-refractivity contribution >= 4 is 11.9 Å². The summed E-state index contributed by atoms with van der Waals surface area (Å²) in [4.78, 5) is 22.8. The highest BCUT2D eigenvalue weighted by molar-refractivity contribution is 5.83. The summed E-state index contributed by atoms with van der Waals surface area (Å²) in [5.41, 5.74) is 0. The summed E-state index contributed by atoms with van der Waals surface area (Å²) in [6, 6.07) is -0.387. The van der Waals surface area contributed by atoms with Crippen LogP contribution in [0.4, 0.5) is 0 Å². The van der Waals surface area contributed by atoms with Crippen molar-refractivity contribution < 1.29 is 14.3 Å². The maximum atomic E-state index is 11.9. The second-order valence-electron chi connectivity index (χ2n) is 4.97. The highest BCUT2D eigenvalue weighted by atomic mass is 16.5. The zero-order chi connectivity index (χ0) is 12.3. The number of amides is 1. The van der Waals surface area contributed by atoms with Gasteiger partial charge in [0.2, 0.25) is 5.91 Å². The summed E-state index contributed by atoms with van der Waals surface area (Å²) in [6.07, 6.45) is 4.51. The summed E-state index contributed by atoms with van der Waals surface area (Å²) in [5, 5.41) is 5.55. The highest BCUT2D eigenvalue weighted by Crippen LogP contribution is 2.26. The molecular formula is C12H20N2O3. The van der Waals surface area contributed by atoms with Crippen LogP contribution in [-0.2, 0) is 14.3 Å². The van der Waals surface area contributed by atoms with Crippen LogP contribution in [0.2, 0.25) is 0 Å². The largest absolute Gasteiger partial charge is 0.461 e. The van der Waals surface area contributed by atoms with E-state index in [1.807, 2.05) is 0 Å². The van der Waals surface area contributed by atoms with Gasteiger partial charge in [-0.25, -0.2) is 0 Å². The van der Waals surface area contributed by atoms with E-state index >= 15 is 0 Å². The van der Waals surface area contributed by atoms with Crippen LogP contribution in [0.1, 0.15) is 32.6 Å². The molecule has 1 aliphatic carbocycles. The molecule has 17 heavy (non-hydrogen) atoms. The van der Waals surface area contributed by atoms with Crippen molar-refractivity contribution in [2.75, 3.05) is 13.1 Å². The van der Waals surface area contributed by atoms with E-state index in [0.29, 0.717) is 12.5 Å². The number of piperazine rings is 1. The van der Waals surface area contributed by atoms with Gasteiger partial charge in [0.05, 0.1) is 6.54 Å². The second-order valence-corrected chi connectivity index (χ2v) is 4.97. The van der Waals surface area contributed by atoms with Crippen LogP contribution in [0, 0.1) is 5.92 Å². The zero-order valence-corrected chi connectivity index (χ0v) is 10.2. The predicted octanol–water partition coefficient (Wildman–Crippen LogP) is 0.196. The molecule has 5 heteroatoms. The lowest BCUT2D eigenvalue weighted by Crippen LogP contribution is -2.56. The SMILES string of the molecule is CC1CCCCC1OC(=O)C1CNC(=O)CN1. The summed E-state index contributed by atoms with van der Waals surface area (Å²) >= 11 is 0. The third-order valence-corrected chi connectivity index (χ3v) is 3.60. The molecule has 1 saturated carbocycles. The summed E-state index contributed by atoms with van der Waals surface area (Å²) in [7, 11) is 0. The van der Waals surface area contributed by atoms with Crippen molar-refractivity contribution in [3.05, 3.63) is 0 Å². The van der Waals surface area contributed by atoms with Gasteiger partial charge in [-0.2, -0.15) is 0 Å². The molecule has 3 unspecified atom stereocenters. The second kappa shape index (κ2) is 5.49. The molecule has 2 aliphatic rings. The van der Waals surface area contributed by atoms with Crippen LogP contribution >= 0.6 is 0 Å². The van der Waals surface area contributed by atoms with E-state index in [4.69, 9.17) is 4.74 Å². The molecule has 0 spiro atoms. The fraction of sp³-hybridized carbons (Fsp3) is 0.833. The molecule has 0 aromatic rings. The van der Waals surface area contributed by atoms with Gasteiger partial charge >= 0.3 is 5.97 Å². The van der Waals surface area contributed by atoms with E-state index in [2.05, 4.69) is 17.6 Å². The van der Waals surface area contributed by atoms with Crippen molar-refractivity contribution in [1.82, 2.24) is 10.6 Å². The summed E-state index contributed by atoms with van der Waals surface area (Å²) < 4.78 is 5.53. The van der Waals surface area contributed by atoms with Crippen LogP contribution in [0.5, 0.6) is 0 Å². The lowest BCUT2D eigenvalue weighted by atomic mass is 9.88. The molecular weight excluding hydrogens is 220 g/mol. The van der Waals surface area contributed by atoms with Gasteiger partial charge in [-0.05, 0) is 25.2 Å². The molecule has 0 aromatic carbocycles. The normalized spacial score (nSPS) is 33.9. The molecule has 1 saturated heterocycles. The Kier molecular flexibility index (Phi) is 3.99. The predicted molar refractivity (Wildman–Crippen MR) is 62.3 cm³/mol. The Morgan fingerprint density at radius 2 is 2.12 bits per heavy atom.